The number of amides is 2. The summed E-state index contributed by atoms with van der Waals surface area (Å²) in [6, 6.07) is 10.7. The molecule has 0 heterocycles. The first-order valence-electron chi connectivity index (χ1n) is 12.6. The van der Waals surface area contributed by atoms with E-state index in [1.807, 2.05) is 0 Å². The fourth-order valence-electron chi connectivity index (χ4n) is 3.62. The van der Waals surface area contributed by atoms with Crippen molar-refractivity contribution in [3.63, 3.8) is 0 Å². The van der Waals surface area contributed by atoms with Gasteiger partial charge >= 0.3 is 0 Å². The molecule has 0 radical (unpaired) electrons. The van der Waals surface area contributed by atoms with Crippen LogP contribution < -0.4 is 29.8 Å². The fraction of sp³-hybridized carbons (Fsp3) is 0.429. The Morgan fingerprint density at radius 3 is 1.39 bits per heavy atom. The van der Waals surface area contributed by atoms with Gasteiger partial charge in [0.2, 0.25) is 11.8 Å². The normalized spacial score (nSPS) is 10.9. The largest absolute Gasteiger partial charge is 0.497 e. The van der Waals surface area contributed by atoms with Crippen molar-refractivity contribution in [2.24, 2.45) is 10.2 Å². The van der Waals surface area contributed by atoms with E-state index >= 15 is 0 Å². The average Bonchev–Trinajstić information content (AvgIpc) is 2.94. The van der Waals surface area contributed by atoms with Crippen LogP contribution in [-0.2, 0) is 9.59 Å². The molecule has 38 heavy (non-hydrogen) atoms. The molecule has 0 unspecified atom stereocenters. The molecule has 0 atom stereocenters. The second-order valence-electron chi connectivity index (χ2n) is 8.42. The molecule has 0 aromatic heterocycles. The molecule has 0 aliphatic heterocycles. The van der Waals surface area contributed by atoms with Gasteiger partial charge in [-0.1, -0.05) is 25.7 Å². The summed E-state index contributed by atoms with van der Waals surface area (Å²) in [6.45, 7) is 0. The molecule has 2 rings (SSSR count). The van der Waals surface area contributed by atoms with Crippen molar-refractivity contribution in [2.45, 2.75) is 51.4 Å². The van der Waals surface area contributed by atoms with Gasteiger partial charge in [0, 0.05) is 24.0 Å². The van der Waals surface area contributed by atoms with E-state index in [0.717, 1.165) is 38.5 Å². The molecule has 0 saturated carbocycles. The molecule has 2 amide bonds. The van der Waals surface area contributed by atoms with Gasteiger partial charge in [0.25, 0.3) is 0 Å². The number of nitrogens with one attached hydrogen (secondary N) is 2. The third-order valence-corrected chi connectivity index (χ3v) is 5.72. The van der Waals surface area contributed by atoms with Gasteiger partial charge in [0.1, 0.15) is 23.0 Å². The van der Waals surface area contributed by atoms with Gasteiger partial charge in [-0.05, 0) is 49.2 Å². The van der Waals surface area contributed by atoms with Crippen molar-refractivity contribution in [1.82, 2.24) is 10.9 Å². The number of benzene rings is 2. The molecule has 10 nitrogen and oxygen atoms in total. The van der Waals surface area contributed by atoms with Gasteiger partial charge in [-0.25, -0.2) is 10.9 Å². The summed E-state index contributed by atoms with van der Waals surface area (Å²) in [7, 11) is 6.32. The molecule has 0 aliphatic carbocycles. The highest BCUT2D eigenvalue weighted by Gasteiger charge is 2.05. The zero-order valence-electron chi connectivity index (χ0n) is 22.6. The second kappa shape index (κ2) is 17.4. The lowest BCUT2D eigenvalue weighted by molar-refractivity contribution is -0.122. The maximum atomic E-state index is 12.0. The van der Waals surface area contributed by atoms with Crippen LogP contribution in [-0.4, -0.2) is 52.7 Å². The third-order valence-electron chi connectivity index (χ3n) is 5.72. The maximum Gasteiger partial charge on any atom is 0.240 e. The molecule has 206 valence electrons. The third kappa shape index (κ3) is 10.9. The van der Waals surface area contributed by atoms with Gasteiger partial charge in [0.05, 0.1) is 40.9 Å². The second-order valence-corrected chi connectivity index (χ2v) is 8.42. The maximum absolute atomic E-state index is 12.0. The molecule has 0 spiro atoms. The zero-order chi connectivity index (χ0) is 27.6. The first-order valence-corrected chi connectivity index (χ1v) is 12.6. The lowest BCUT2D eigenvalue weighted by Crippen LogP contribution is -2.17. The van der Waals surface area contributed by atoms with Crippen LogP contribution in [0.3, 0.4) is 0 Å². The van der Waals surface area contributed by atoms with Crippen LogP contribution in [0.4, 0.5) is 0 Å². The Labute approximate surface area is 224 Å². The van der Waals surface area contributed by atoms with Crippen LogP contribution in [0.15, 0.2) is 46.6 Å². The number of methoxy groups -OCH3 is 4. The first-order chi connectivity index (χ1) is 18.5. The lowest BCUT2D eigenvalue weighted by Gasteiger charge is -2.07. The Morgan fingerprint density at radius 1 is 0.632 bits per heavy atom. The van der Waals surface area contributed by atoms with Gasteiger partial charge in [0.15, 0.2) is 0 Å². The van der Waals surface area contributed by atoms with Gasteiger partial charge in [-0.3, -0.25) is 9.59 Å². The Morgan fingerprint density at radius 2 is 1.03 bits per heavy atom. The number of unbranched alkanes of at least 4 members (excludes halogenated alkanes) is 5. The summed E-state index contributed by atoms with van der Waals surface area (Å²) >= 11 is 0. The van der Waals surface area contributed by atoms with Gasteiger partial charge < -0.3 is 18.9 Å². The van der Waals surface area contributed by atoms with Crippen molar-refractivity contribution < 1.29 is 28.5 Å². The Balaban J connectivity index is 1.55. The number of hydrogen-bond acceptors (Lipinski definition) is 8. The fourth-order valence-corrected chi connectivity index (χ4v) is 3.62. The highest BCUT2D eigenvalue weighted by molar-refractivity contribution is 5.86. The molecule has 0 bridgehead atoms. The van der Waals surface area contributed by atoms with E-state index in [1.54, 1.807) is 64.8 Å². The van der Waals surface area contributed by atoms with E-state index in [9.17, 15) is 9.59 Å². The predicted molar refractivity (Wildman–Crippen MR) is 148 cm³/mol. The molecule has 10 heteroatoms. The molecule has 2 aromatic rings. The smallest absolute Gasteiger partial charge is 0.240 e. The minimum Gasteiger partial charge on any atom is -0.497 e. The molecule has 2 N–H and O–H groups in total. The van der Waals surface area contributed by atoms with Crippen molar-refractivity contribution >= 4 is 24.2 Å². The Hall–Kier alpha value is -4.08. The van der Waals surface area contributed by atoms with E-state index in [-0.39, 0.29) is 11.8 Å². The molecular formula is C28H38N4O6. The molecule has 0 saturated heterocycles. The van der Waals surface area contributed by atoms with Crippen molar-refractivity contribution in [1.29, 1.82) is 0 Å². The van der Waals surface area contributed by atoms with E-state index < -0.39 is 0 Å². The number of nitrogens with zero attached hydrogens (tertiary/aromatic N) is 2. The van der Waals surface area contributed by atoms with E-state index in [0.29, 0.717) is 47.0 Å². The van der Waals surface area contributed by atoms with Crippen molar-refractivity contribution in [2.75, 3.05) is 28.4 Å². The Kier molecular flexibility index (Phi) is 13.8. The van der Waals surface area contributed by atoms with Crippen molar-refractivity contribution in [3.05, 3.63) is 47.5 Å². The van der Waals surface area contributed by atoms with Crippen LogP contribution in [0.25, 0.3) is 0 Å². The van der Waals surface area contributed by atoms with Gasteiger partial charge in [-0.15, -0.1) is 0 Å². The number of carbonyl (C=O) groups is 2. The number of hydrazone groups is 2. The molecule has 0 aliphatic rings. The van der Waals surface area contributed by atoms with Crippen molar-refractivity contribution in [3.8, 4) is 23.0 Å². The Bertz CT molecular complexity index is 1000. The van der Waals surface area contributed by atoms with E-state index in [2.05, 4.69) is 21.1 Å². The quantitative estimate of drug-likeness (QED) is 0.179. The topological polar surface area (TPSA) is 120 Å². The minimum absolute atomic E-state index is 0.132. The van der Waals surface area contributed by atoms with E-state index in [1.165, 1.54) is 12.4 Å². The highest BCUT2D eigenvalue weighted by atomic mass is 16.5. The van der Waals surface area contributed by atoms with Crippen LogP contribution in [0.1, 0.15) is 62.5 Å². The summed E-state index contributed by atoms with van der Waals surface area (Å²) in [4.78, 5) is 24.0. The number of ether oxygens (including phenoxy) is 4. The first kappa shape index (κ1) is 30.1. The van der Waals surface area contributed by atoms with Gasteiger partial charge in [-0.2, -0.15) is 10.2 Å². The number of carbonyl (C=O) groups excluding carboxylic acids is 2. The lowest BCUT2D eigenvalue weighted by atomic mass is 10.1. The van der Waals surface area contributed by atoms with Crippen LogP contribution in [0.5, 0.6) is 23.0 Å². The summed E-state index contributed by atoms with van der Waals surface area (Å²) in [6.07, 6.45) is 9.36. The molecular weight excluding hydrogens is 488 g/mol. The SMILES string of the molecule is COc1ccc(OC)c(/C=N/NC(=O)CCCCCCCCC(=O)N/N=C/c2cc(OC)ccc2OC)c1. The van der Waals surface area contributed by atoms with Crippen LogP contribution in [0, 0.1) is 0 Å². The summed E-state index contributed by atoms with van der Waals surface area (Å²) in [5, 5.41) is 8.03. The summed E-state index contributed by atoms with van der Waals surface area (Å²) in [5.41, 5.74) is 6.52. The summed E-state index contributed by atoms with van der Waals surface area (Å²) < 4.78 is 21.0. The minimum atomic E-state index is -0.132. The standard InChI is InChI=1S/C28H38N4O6/c1-35-23-13-15-25(37-3)21(17-23)19-29-31-27(33)11-9-7-5-6-8-10-12-28(34)32-30-20-22-18-24(36-2)14-16-26(22)38-4/h13-20H,5-12H2,1-4H3,(H,31,33)(H,32,34)/b29-19+,30-20+. The number of hydrogen-bond donors (Lipinski definition) is 2. The average molecular weight is 527 g/mol. The highest BCUT2D eigenvalue weighted by Crippen LogP contribution is 2.23. The molecule has 0 fully saturated rings. The number of rotatable bonds is 17. The van der Waals surface area contributed by atoms with Crippen LogP contribution >= 0.6 is 0 Å². The predicted octanol–water partition coefficient (Wildman–Crippen LogP) is 4.44. The monoisotopic (exact) mass is 526 g/mol. The summed E-state index contributed by atoms with van der Waals surface area (Å²) in [5.74, 6) is 2.38. The van der Waals surface area contributed by atoms with Crippen LogP contribution in [0.2, 0.25) is 0 Å². The molecule has 2 aromatic carbocycles. The van der Waals surface area contributed by atoms with E-state index in [4.69, 9.17) is 18.9 Å². The zero-order valence-corrected chi connectivity index (χ0v) is 22.6.